The van der Waals surface area contributed by atoms with Crippen LogP contribution in [0.5, 0.6) is 16.7 Å². The van der Waals surface area contributed by atoms with E-state index in [0.717, 1.165) is 29.5 Å². The second-order valence-corrected chi connectivity index (χ2v) is 11.2. The molecule has 3 unspecified atom stereocenters. The number of benzene rings is 1. The summed E-state index contributed by atoms with van der Waals surface area (Å²) >= 11 is 2.24. The molecule has 10 nitrogen and oxygen atoms in total. The highest BCUT2D eigenvalue weighted by molar-refractivity contribution is 9.10. The van der Waals surface area contributed by atoms with Crippen LogP contribution in [-0.4, -0.2) is 39.4 Å². The molecule has 15 heteroatoms. The number of hydrogen-bond donors (Lipinski definition) is 1. The van der Waals surface area contributed by atoms with E-state index in [4.69, 9.17) is 13.3 Å². The number of halogens is 3. The molecule has 0 amide bonds. The molecule has 3 aromatic rings. The predicted molar refractivity (Wildman–Crippen MR) is 148 cm³/mol. The number of ether oxygens (including phenoxy) is 2. The van der Waals surface area contributed by atoms with Crippen molar-refractivity contribution in [1.29, 1.82) is 0 Å². The molecular weight excluding hydrogens is 652 g/mol. The van der Waals surface area contributed by atoms with E-state index in [9.17, 15) is 32.5 Å². The van der Waals surface area contributed by atoms with Gasteiger partial charge in [0.15, 0.2) is 28.5 Å². The van der Waals surface area contributed by atoms with Gasteiger partial charge in [-0.05, 0) is 40.9 Å². The highest BCUT2D eigenvalue weighted by Crippen LogP contribution is 2.42. The van der Waals surface area contributed by atoms with Crippen LogP contribution in [-0.2, 0) is 31.2 Å². The number of methoxy groups -OCH3 is 1. The van der Waals surface area contributed by atoms with Crippen LogP contribution >= 0.6 is 27.3 Å². The molecule has 0 spiro atoms. The van der Waals surface area contributed by atoms with Crippen molar-refractivity contribution in [3.05, 3.63) is 79.3 Å². The number of ketones is 1. The van der Waals surface area contributed by atoms with Crippen molar-refractivity contribution in [2.45, 2.75) is 32.3 Å². The normalized spacial score (nSPS) is 13.6. The summed E-state index contributed by atoms with van der Waals surface area (Å²) in [7, 11) is 1.26. The van der Waals surface area contributed by atoms with Crippen molar-refractivity contribution >= 4 is 50.1 Å². The zero-order valence-electron chi connectivity index (χ0n) is 21.9. The van der Waals surface area contributed by atoms with Crippen LogP contribution in [0.2, 0.25) is 0 Å². The number of hydrogen-bond acceptors (Lipinski definition) is 11. The van der Waals surface area contributed by atoms with E-state index in [0.29, 0.717) is 12.8 Å². The second kappa shape index (κ2) is 14.6. The minimum absolute atomic E-state index is 0.0267. The number of aromatic nitrogens is 1. The Morgan fingerprint density at radius 1 is 1.27 bits per heavy atom. The largest absolute Gasteiger partial charge is 0.507 e. The molecule has 0 aliphatic rings. The minimum atomic E-state index is -1.88. The fourth-order valence-corrected chi connectivity index (χ4v) is 5.86. The third-order valence-corrected chi connectivity index (χ3v) is 7.87. The monoisotopic (exact) mass is 675 g/mol. The van der Waals surface area contributed by atoms with Crippen LogP contribution in [0.1, 0.15) is 46.9 Å². The Kier molecular flexibility index (Phi) is 11.5. The molecule has 0 aliphatic carbocycles. The van der Waals surface area contributed by atoms with Gasteiger partial charge in [0.2, 0.25) is 0 Å². The van der Waals surface area contributed by atoms with Crippen LogP contribution in [0.15, 0.2) is 50.2 Å². The SMILES string of the molecule is COC(=O)/C=C/CCCc1cc(O)c(C(=O)C(C)C(OS(C)=O)c2sc(Oc3ccc(F)c(F)c3)nc2Br)c(=O)o1. The van der Waals surface area contributed by atoms with Crippen LogP contribution < -0.4 is 10.4 Å². The van der Waals surface area contributed by atoms with Crippen molar-refractivity contribution in [1.82, 2.24) is 4.98 Å². The number of unbranched alkanes of at least 4 members (excludes halogenated alkanes) is 1. The number of carbonyl (C=O) groups is 2. The van der Waals surface area contributed by atoms with Crippen molar-refractivity contribution in [3.63, 3.8) is 0 Å². The van der Waals surface area contributed by atoms with Gasteiger partial charge in [0.25, 0.3) is 5.19 Å². The molecule has 0 saturated heterocycles. The number of carbonyl (C=O) groups excluding carboxylic acids is 2. The molecule has 41 heavy (non-hydrogen) atoms. The lowest BCUT2D eigenvalue weighted by molar-refractivity contribution is -0.134. The molecular formula is C26H24BrF2NO9S2. The summed E-state index contributed by atoms with van der Waals surface area (Å²) in [6.07, 6.45) is 4.06. The van der Waals surface area contributed by atoms with E-state index >= 15 is 0 Å². The van der Waals surface area contributed by atoms with Crippen molar-refractivity contribution < 1.29 is 45.8 Å². The lowest BCUT2D eigenvalue weighted by Gasteiger charge is -2.21. The summed E-state index contributed by atoms with van der Waals surface area (Å²) in [6, 6.07) is 4.07. The van der Waals surface area contributed by atoms with Gasteiger partial charge in [-0.1, -0.05) is 24.3 Å². The smallest absolute Gasteiger partial charge is 0.350 e. The average molecular weight is 677 g/mol. The van der Waals surface area contributed by atoms with Gasteiger partial charge < -0.3 is 19.0 Å². The number of aromatic hydroxyl groups is 1. The zero-order valence-corrected chi connectivity index (χ0v) is 25.1. The first-order valence-electron chi connectivity index (χ1n) is 11.9. The Morgan fingerprint density at radius 2 is 2.00 bits per heavy atom. The predicted octanol–water partition coefficient (Wildman–Crippen LogP) is 5.56. The van der Waals surface area contributed by atoms with E-state index in [-0.39, 0.29) is 32.6 Å². The lowest BCUT2D eigenvalue weighted by Crippen LogP contribution is -2.26. The highest BCUT2D eigenvalue weighted by Gasteiger charge is 2.35. The lowest BCUT2D eigenvalue weighted by atomic mass is 9.94. The summed E-state index contributed by atoms with van der Waals surface area (Å²) in [5.41, 5.74) is -1.68. The Morgan fingerprint density at radius 3 is 2.63 bits per heavy atom. The quantitative estimate of drug-likeness (QED) is 0.106. The van der Waals surface area contributed by atoms with Gasteiger partial charge >= 0.3 is 11.6 Å². The van der Waals surface area contributed by atoms with E-state index in [1.54, 1.807) is 6.08 Å². The van der Waals surface area contributed by atoms with Gasteiger partial charge in [-0.15, -0.1) is 0 Å². The van der Waals surface area contributed by atoms with Crippen LogP contribution in [0.4, 0.5) is 8.78 Å². The summed E-state index contributed by atoms with van der Waals surface area (Å²) < 4.78 is 59.7. The van der Waals surface area contributed by atoms with Gasteiger partial charge in [0, 0.05) is 30.9 Å². The summed E-state index contributed by atoms with van der Waals surface area (Å²) in [6.45, 7) is 1.41. The first kappa shape index (κ1) is 32.2. The molecule has 0 radical (unpaired) electrons. The van der Waals surface area contributed by atoms with E-state index in [1.165, 1.54) is 32.4 Å². The van der Waals surface area contributed by atoms with E-state index in [1.807, 2.05) is 0 Å². The molecule has 0 fully saturated rings. The molecule has 1 N–H and O–H groups in total. The van der Waals surface area contributed by atoms with Crippen molar-refractivity contribution in [2.75, 3.05) is 13.4 Å². The molecule has 0 bridgehead atoms. The fourth-order valence-electron chi connectivity index (χ4n) is 3.54. The Hall–Kier alpha value is -3.27. The zero-order chi connectivity index (χ0) is 30.3. The van der Waals surface area contributed by atoms with Crippen LogP contribution in [0.3, 0.4) is 0 Å². The minimum Gasteiger partial charge on any atom is -0.507 e. The Balaban J connectivity index is 1.82. The Bertz CT molecular complexity index is 1540. The van der Waals surface area contributed by atoms with E-state index in [2.05, 4.69) is 25.7 Å². The maximum atomic E-state index is 13.6. The first-order chi connectivity index (χ1) is 19.4. The number of Topliss-reactive ketones (excluding diaryl/α,β-unsaturated/α-hetero) is 1. The number of aryl methyl sites for hydroxylation is 1. The molecule has 0 aliphatic heterocycles. The van der Waals surface area contributed by atoms with Gasteiger partial charge in [-0.2, -0.15) is 4.98 Å². The highest BCUT2D eigenvalue weighted by atomic mass is 79.9. The number of esters is 1. The summed E-state index contributed by atoms with van der Waals surface area (Å²) in [5.74, 6) is -5.21. The third-order valence-electron chi connectivity index (χ3n) is 5.53. The van der Waals surface area contributed by atoms with Crippen molar-refractivity contribution in [3.8, 4) is 16.7 Å². The molecule has 220 valence electrons. The van der Waals surface area contributed by atoms with E-state index < -0.39 is 63.4 Å². The fraction of sp³-hybridized carbons (Fsp3) is 0.308. The topological polar surface area (TPSA) is 142 Å². The molecule has 3 atom stereocenters. The Labute approximate surface area is 247 Å². The standard InChI is InChI=1S/C26H24BrF2NO9S2/c1-13(21(33)20-18(31)12-14(37-25(20)34)7-5-4-6-8-19(32)36-2)22(39-41(3)35)23-24(27)30-26(40-23)38-15-9-10-16(28)17(29)11-15/h6,8-13,22,31H,4-5,7H2,1-3H3/b8-6+. The summed E-state index contributed by atoms with van der Waals surface area (Å²) in [5, 5.41) is 10.5. The maximum absolute atomic E-state index is 13.6. The maximum Gasteiger partial charge on any atom is 0.350 e. The van der Waals surface area contributed by atoms with Gasteiger partial charge in [-0.25, -0.2) is 22.6 Å². The third kappa shape index (κ3) is 8.61. The molecule has 2 aromatic heterocycles. The molecule has 1 aromatic carbocycles. The van der Waals surface area contributed by atoms with Gasteiger partial charge in [0.05, 0.1) is 17.9 Å². The molecule has 3 rings (SSSR count). The van der Waals surface area contributed by atoms with Gasteiger partial charge in [-0.3, -0.25) is 8.98 Å². The molecule has 0 saturated carbocycles. The average Bonchev–Trinajstić information content (AvgIpc) is 3.27. The molecule has 2 heterocycles. The number of rotatable bonds is 13. The van der Waals surface area contributed by atoms with Crippen LogP contribution in [0.25, 0.3) is 0 Å². The van der Waals surface area contributed by atoms with Crippen molar-refractivity contribution in [2.24, 2.45) is 5.92 Å². The number of allylic oxidation sites excluding steroid dienone is 1. The first-order valence-corrected chi connectivity index (χ1v) is 14.9. The van der Waals surface area contributed by atoms with Crippen LogP contribution in [0, 0.1) is 17.6 Å². The van der Waals surface area contributed by atoms with Gasteiger partial charge in [0.1, 0.15) is 33.5 Å². The number of thiazole rings is 1. The summed E-state index contributed by atoms with van der Waals surface area (Å²) in [4.78, 5) is 41.6. The second-order valence-electron chi connectivity index (χ2n) is 8.46. The number of nitrogens with zero attached hydrogens (tertiary/aromatic N) is 1.